The first-order chi connectivity index (χ1) is 10.4. The summed E-state index contributed by atoms with van der Waals surface area (Å²) in [5, 5.41) is 0. The van der Waals surface area contributed by atoms with E-state index in [-0.39, 0.29) is 12.8 Å². The van der Waals surface area contributed by atoms with E-state index >= 15 is 0 Å². The summed E-state index contributed by atoms with van der Waals surface area (Å²) >= 11 is 0. The van der Waals surface area contributed by atoms with Crippen molar-refractivity contribution in [2.24, 2.45) is 0 Å². The molecule has 0 aromatic carbocycles. The van der Waals surface area contributed by atoms with E-state index in [1.807, 2.05) is 0 Å². The average molecular weight is 434 g/mol. The van der Waals surface area contributed by atoms with Gasteiger partial charge in [-0.05, 0) is 25.7 Å². The Hall–Kier alpha value is 0.600. The molecule has 16 heteroatoms. The molecule has 0 atom stereocenters. The van der Waals surface area contributed by atoms with E-state index in [4.69, 9.17) is 19.6 Å². The minimum absolute atomic E-state index is 0.232. The molecule has 0 aliphatic carbocycles. The van der Waals surface area contributed by atoms with Gasteiger partial charge in [-0.25, -0.2) is 0 Å². The van der Waals surface area contributed by atoms with Crippen molar-refractivity contribution in [3.63, 3.8) is 0 Å². The molecule has 0 fully saturated rings. The Labute approximate surface area is 137 Å². The largest absolute Gasteiger partial charge is 0.343 e. The zero-order chi connectivity index (χ0) is 19.4. The molecule has 0 bridgehead atoms. The van der Waals surface area contributed by atoms with Gasteiger partial charge in [-0.3, -0.25) is 18.3 Å². The zero-order valence-electron chi connectivity index (χ0n) is 12.4. The standard InChI is InChI=1S/C8H22O12P4/c9-21(10,11)6-2-1-4-8(23(15,16)17,24(18,19)20)5-3-7-22(12,13)14/h1-7H2,(H2,9,10,11)(H2,12,13,14)(H2,15,16,17)(H2,18,19,20). The third kappa shape index (κ3) is 8.32. The van der Waals surface area contributed by atoms with Crippen LogP contribution in [0.4, 0.5) is 0 Å². The summed E-state index contributed by atoms with van der Waals surface area (Å²) < 4.78 is 44.9. The lowest BCUT2D eigenvalue weighted by molar-refractivity contribution is 0.289. The maximum absolute atomic E-state index is 11.7. The molecule has 0 aromatic rings. The second-order valence-corrected chi connectivity index (χ2v) is 13.2. The SMILES string of the molecule is O=P(O)(O)CCCCC(CCCP(=O)(O)O)(P(=O)(O)O)P(=O)(O)O. The molecule has 0 aromatic heterocycles. The first-order valence-electron chi connectivity index (χ1n) is 6.62. The van der Waals surface area contributed by atoms with E-state index in [2.05, 4.69) is 0 Å². The minimum atomic E-state index is -5.40. The summed E-state index contributed by atoms with van der Waals surface area (Å²) in [6, 6.07) is 0. The smallest absolute Gasteiger partial charge is 0.324 e. The normalized spacial score (nSPS) is 14.8. The predicted octanol–water partition coefficient (Wildman–Crippen LogP) is 0.344. The number of hydrogen-bond donors (Lipinski definition) is 8. The van der Waals surface area contributed by atoms with Crippen LogP contribution in [-0.4, -0.2) is 56.4 Å². The van der Waals surface area contributed by atoms with E-state index < -0.39 is 66.9 Å². The van der Waals surface area contributed by atoms with Crippen LogP contribution >= 0.6 is 30.4 Å². The summed E-state index contributed by atoms with van der Waals surface area (Å²) in [6.45, 7) is 0. The Bertz CT molecular complexity index is 570. The molecular formula is C8H22O12P4. The maximum atomic E-state index is 11.7. The van der Waals surface area contributed by atoms with E-state index in [9.17, 15) is 37.8 Å². The molecule has 146 valence electrons. The van der Waals surface area contributed by atoms with E-state index in [0.29, 0.717) is 0 Å². The average Bonchev–Trinajstić information content (AvgIpc) is 2.26. The molecule has 24 heavy (non-hydrogen) atoms. The van der Waals surface area contributed by atoms with Crippen molar-refractivity contribution in [1.29, 1.82) is 0 Å². The summed E-state index contributed by atoms with van der Waals surface area (Å²) in [6.07, 6.45) is -4.09. The highest BCUT2D eigenvalue weighted by Gasteiger charge is 2.58. The fraction of sp³-hybridized carbons (Fsp3) is 1.00. The molecule has 8 N–H and O–H groups in total. The Morgan fingerprint density at radius 1 is 0.542 bits per heavy atom. The summed E-state index contributed by atoms with van der Waals surface area (Å²) in [4.78, 5) is 69.8. The van der Waals surface area contributed by atoms with Crippen molar-refractivity contribution in [1.82, 2.24) is 0 Å². The van der Waals surface area contributed by atoms with Gasteiger partial charge in [0.25, 0.3) is 0 Å². The van der Waals surface area contributed by atoms with Crippen molar-refractivity contribution in [3.8, 4) is 0 Å². The molecular weight excluding hydrogens is 412 g/mol. The first kappa shape index (κ1) is 24.6. The molecule has 0 aliphatic rings. The van der Waals surface area contributed by atoms with Crippen LogP contribution in [0.5, 0.6) is 0 Å². The van der Waals surface area contributed by atoms with E-state index in [0.717, 1.165) is 0 Å². The molecule has 0 spiro atoms. The van der Waals surface area contributed by atoms with Gasteiger partial charge in [0.1, 0.15) is 0 Å². The monoisotopic (exact) mass is 434 g/mol. The second kappa shape index (κ2) is 8.53. The fourth-order valence-electron chi connectivity index (χ4n) is 2.17. The van der Waals surface area contributed by atoms with Gasteiger partial charge in [0.05, 0.1) is 0 Å². The van der Waals surface area contributed by atoms with Crippen molar-refractivity contribution >= 4 is 30.4 Å². The highest BCUT2D eigenvalue weighted by Crippen LogP contribution is 2.73. The third-order valence-electron chi connectivity index (χ3n) is 3.39. The molecule has 0 rings (SSSR count). The quantitative estimate of drug-likeness (QED) is 0.163. The molecule has 0 saturated heterocycles. The van der Waals surface area contributed by atoms with Gasteiger partial charge in [-0.15, -0.1) is 0 Å². The topological polar surface area (TPSA) is 230 Å². The lowest BCUT2D eigenvalue weighted by atomic mass is 10.1. The highest BCUT2D eigenvalue weighted by atomic mass is 31.2. The Morgan fingerprint density at radius 2 is 0.875 bits per heavy atom. The van der Waals surface area contributed by atoms with Crippen LogP contribution in [0, 0.1) is 0 Å². The second-order valence-electron chi connectivity index (χ2n) is 5.41. The van der Waals surface area contributed by atoms with Crippen molar-refractivity contribution in [3.05, 3.63) is 0 Å². The van der Waals surface area contributed by atoms with E-state index in [1.165, 1.54) is 0 Å². The van der Waals surface area contributed by atoms with Crippen molar-refractivity contribution in [2.45, 2.75) is 37.0 Å². The van der Waals surface area contributed by atoms with Crippen LogP contribution in [0.3, 0.4) is 0 Å². The highest BCUT2D eigenvalue weighted by molar-refractivity contribution is 7.72. The Morgan fingerprint density at radius 3 is 1.21 bits per heavy atom. The zero-order valence-corrected chi connectivity index (χ0v) is 16.0. The van der Waals surface area contributed by atoms with Gasteiger partial charge in [0.2, 0.25) is 0 Å². The molecule has 12 nitrogen and oxygen atoms in total. The molecule has 0 saturated carbocycles. The van der Waals surface area contributed by atoms with Crippen LogP contribution < -0.4 is 0 Å². The summed E-state index contributed by atoms with van der Waals surface area (Å²) in [5.74, 6) is 0. The number of unbranched alkanes of at least 4 members (excludes halogenated alkanes) is 1. The maximum Gasteiger partial charge on any atom is 0.343 e. The van der Waals surface area contributed by atoms with Gasteiger partial charge < -0.3 is 39.1 Å². The van der Waals surface area contributed by atoms with Crippen molar-refractivity contribution in [2.75, 3.05) is 12.3 Å². The summed E-state index contributed by atoms with van der Waals surface area (Å²) in [7, 11) is -19.7. The van der Waals surface area contributed by atoms with Crippen LogP contribution in [0.15, 0.2) is 0 Å². The number of rotatable bonds is 11. The lowest BCUT2D eigenvalue weighted by Crippen LogP contribution is -2.29. The van der Waals surface area contributed by atoms with Crippen LogP contribution in [0.2, 0.25) is 0 Å². The Kier molecular flexibility index (Phi) is 8.74. The van der Waals surface area contributed by atoms with Gasteiger partial charge in [-0.2, -0.15) is 0 Å². The van der Waals surface area contributed by atoms with Gasteiger partial charge in [0.15, 0.2) is 4.90 Å². The summed E-state index contributed by atoms with van der Waals surface area (Å²) in [5.41, 5.74) is 0. The molecule has 0 radical (unpaired) electrons. The minimum Gasteiger partial charge on any atom is -0.324 e. The third-order valence-corrected chi connectivity index (χ3v) is 9.81. The number of hydrogen-bond acceptors (Lipinski definition) is 4. The van der Waals surface area contributed by atoms with Gasteiger partial charge >= 0.3 is 30.4 Å². The molecule has 0 aliphatic heterocycles. The Balaban J connectivity index is 5.32. The van der Waals surface area contributed by atoms with Crippen molar-refractivity contribution < 1.29 is 57.4 Å². The fourth-order valence-corrected chi connectivity index (χ4v) is 6.53. The molecule has 0 amide bonds. The van der Waals surface area contributed by atoms with Crippen LogP contribution in [0.1, 0.15) is 32.1 Å². The van der Waals surface area contributed by atoms with Crippen LogP contribution in [-0.2, 0) is 18.3 Å². The lowest BCUT2D eigenvalue weighted by Gasteiger charge is -2.34. The van der Waals surface area contributed by atoms with Gasteiger partial charge in [0, 0.05) is 12.3 Å². The van der Waals surface area contributed by atoms with Crippen LogP contribution in [0.25, 0.3) is 0 Å². The molecule has 0 unspecified atom stereocenters. The van der Waals surface area contributed by atoms with E-state index in [1.54, 1.807) is 0 Å². The van der Waals surface area contributed by atoms with Gasteiger partial charge in [-0.1, -0.05) is 6.42 Å². The molecule has 0 heterocycles. The first-order valence-corrected chi connectivity index (χ1v) is 13.4. The predicted molar refractivity (Wildman–Crippen MR) is 83.7 cm³/mol.